The molecule has 0 radical (unpaired) electrons. The minimum absolute atomic E-state index is 0.0270. The van der Waals surface area contributed by atoms with Crippen LogP contribution in [0.5, 0.6) is 5.75 Å². The Kier molecular flexibility index (Phi) is 8.51. The van der Waals surface area contributed by atoms with E-state index in [1.807, 2.05) is 13.8 Å². The lowest BCUT2D eigenvalue weighted by Crippen LogP contribution is -2.50. The number of nitrogens with zero attached hydrogens (tertiary/aromatic N) is 2. The van der Waals surface area contributed by atoms with Crippen LogP contribution in [0.2, 0.25) is 0 Å². The van der Waals surface area contributed by atoms with Gasteiger partial charge in [-0.1, -0.05) is 19.1 Å². The number of hydrogen-bond acceptors (Lipinski definition) is 5. The average Bonchev–Trinajstić information content (AvgIpc) is 3.75. The first-order valence-corrected chi connectivity index (χ1v) is 12.9. The molecule has 9 nitrogen and oxygen atoms in total. The number of anilines is 2. The van der Waals surface area contributed by atoms with Crippen LogP contribution in [0.25, 0.3) is 0 Å². The van der Waals surface area contributed by atoms with Crippen molar-refractivity contribution in [2.45, 2.75) is 38.8 Å². The lowest BCUT2D eigenvalue weighted by atomic mass is 10.0. The molecule has 1 fully saturated rings. The predicted octanol–water partition coefficient (Wildman–Crippen LogP) is 4.21. The molecule has 1 heterocycles. The molecule has 0 aromatic heterocycles. The summed E-state index contributed by atoms with van der Waals surface area (Å²) in [5, 5.41) is 5.55. The van der Waals surface area contributed by atoms with Crippen molar-refractivity contribution in [2.75, 3.05) is 44.5 Å². The standard InChI is InChI=1S/C28H35FN4O5/c1-17-14-33(28(36)31-23-8-6-5-7-22(23)29)18(2)16-38-24-13-20(30-26(34)19-9-10-19)11-12-21(24)27(35)32(3)15-25(17)37-4/h5-8,11-13,17-19,25H,9-10,14-16H2,1-4H3,(H,30,34)(H,31,36)/t17-,18-,25-/m1/s1. The number of carbonyl (C=O) groups excluding carboxylic acids is 3. The van der Waals surface area contributed by atoms with Gasteiger partial charge in [0.05, 0.1) is 23.4 Å². The Bertz CT molecular complexity index is 1190. The number of ether oxygens (including phenoxy) is 2. The molecule has 10 heteroatoms. The maximum Gasteiger partial charge on any atom is 0.322 e. The summed E-state index contributed by atoms with van der Waals surface area (Å²) in [6.07, 6.45) is 1.39. The third-order valence-electron chi connectivity index (χ3n) is 7.04. The molecule has 204 valence electrons. The van der Waals surface area contributed by atoms with E-state index in [2.05, 4.69) is 10.6 Å². The fourth-order valence-electron chi connectivity index (χ4n) is 4.47. The van der Waals surface area contributed by atoms with Crippen molar-refractivity contribution in [1.29, 1.82) is 0 Å². The number of urea groups is 1. The summed E-state index contributed by atoms with van der Waals surface area (Å²) in [6, 6.07) is 10.0. The van der Waals surface area contributed by atoms with Gasteiger partial charge in [0, 0.05) is 50.8 Å². The Morgan fingerprint density at radius 1 is 1.08 bits per heavy atom. The van der Waals surface area contributed by atoms with Crippen molar-refractivity contribution in [2.24, 2.45) is 11.8 Å². The van der Waals surface area contributed by atoms with Gasteiger partial charge in [-0.05, 0) is 44.0 Å². The molecule has 4 rings (SSSR count). The summed E-state index contributed by atoms with van der Waals surface area (Å²) in [7, 11) is 3.26. The second-order valence-electron chi connectivity index (χ2n) is 10.1. The highest BCUT2D eigenvalue weighted by Gasteiger charge is 2.32. The summed E-state index contributed by atoms with van der Waals surface area (Å²) in [5.41, 5.74) is 0.961. The zero-order valence-corrected chi connectivity index (χ0v) is 22.2. The molecular formula is C28H35FN4O5. The maximum absolute atomic E-state index is 14.3. The second-order valence-corrected chi connectivity index (χ2v) is 10.1. The number of halogens is 1. The molecular weight excluding hydrogens is 491 g/mol. The predicted molar refractivity (Wildman–Crippen MR) is 142 cm³/mol. The smallest absolute Gasteiger partial charge is 0.322 e. The highest BCUT2D eigenvalue weighted by Crippen LogP contribution is 2.32. The number of amides is 4. The van der Waals surface area contributed by atoms with E-state index >= 15 is 0 Å². The highest BCUT2D eigenvalue weighted by atomic mass is 19.1. The third kappa shape index (κ3) is 6.42. The summed E-state index contributed by atoms with van der Waals surface area (Å²) >= 11 is 0. The topological polar surface area (TPSA) is 100 Å². The van der Waals surface area contributed by atoms with Gasteiger partial charge in [-0.15, -0.1) is 0 Å². The van der Waals surface area contributed by atoms with Crippen LogP contribution in [0.3, 0.4) is 0 Å². The van der Waals surface area contributed by atoms with Crippen LogP contribution in [-0.2, 0) is 9.53 Å². The molecule has 1 saturated carbocycles. The van der Waals surface area contributed by atoms with Crippen molar-refractivity contribution in [1.82, 2.24) is 9.80 Å². The van der Waals surface area contributed by atoms with Crippen LogP contribution in [0.15, 0.2) is 42.5 Å². The van der Waals surface area contributed by atoms with E-state index in [0.717, 1.165) is 12.8 Å². The lowest BCUT2D eigenvalue weighted by Gasteiger charge is -2.36. The second kappa shape index (κ2) is 11.8. The van der Waals surface area contributed by atoms with E-state index in [0.29, 0.717) is 17.0 Å². The molecule has 2 N–H and O–H groups in total. The van der Waals surface area contributed by atoms with E-state index in [9.17, 15) is 18.8 Å². The van der Waals surface area contributed by atoms with Crippen molar-refractivity contribution in [3.63, 3.8) is 0 Å². The summed E-state index contributed by atoms with van der Waals surface area (Å²) < 4.78 is 26.1. The Morgan fingerprint density at radius 3 is 2.50 bits per heavy atom. The SMILES string of the molecule is CO[C@@H]1CN(C)C(=O)c2ccc(NC(=O)C3CC3)cc2OC[C@@H](C)N(C(=O)Nc2ccccc2F)C[C@H]1C. The normalized spacial score (nSPS) is 22.4. The molecule has 0 spiro atoms. The first-order chi connectivity index (χ1) is 18.2. The molecule has 0 saturated heterocycles. The number of hydrogen-bond donors (Lipinski definition) is 2. The maximum atomic E-state index is 14.3. The third-order valence-corrected chi connectivity index (χ3v) is 7.04. The van der Waals surface area contributed by atoms with Gasteiger partial charge in [0.25, 0.3) is 5.91 Å². The lowest BCUT2D eigenvalue weighted by molar-refractivity contribution is -0.117. The van der Waals surface area contributed by atoms with Gasteiger partial charge in [-0.3, -0.25) is 9.59 Å². The molecule has 3 atom stereocenters. The number of nitrogens with one attached hydrogen (secondary N) is 2. The van der Waals surface area contributed by atoms with Crippen LogP contribution in [0, 0.1) is 17.7 Å². The molecule has 4 amide bonds. The van der Waals surface area contributed by atoms with Gasteiger partial charge in [0.15, 0.2) is 0 Å². The molecule has 0 bridgehead atoms. The number of carbonyl (C=O) groups is 3. The van der Waals surface area contributed by atoms with Gasteiger partial charge in [0.2, 0.25) is 5.91 Å². The van der Waals surface area contributed by atoms with E-state index in [4.69, 9.17) is 9.47 Å². The quantitative estimate of drug-likeness (QED) is 0.622. The summed E-state index contributed by atoms with van der Waals surface area (Å²) in [4.78, 5) is 42.1. The van der Waals surface area contributed by atoms with Crippen LogP contribution in [-0.4, -0.2) is 73.6 Å². The van der Waals surface area contributed by atoms with E-state index in [1.54, 1.807) is 54.3 Å². The first-order valence-electron chi connectivity index (χ1n) is 12.9. The Balaban J connectivity index is 1.63. The average molecular weight is 527 g/mol. The van der Waals surface area contributed by atoms with Crippen LogP contribution in [0.1, 0.15) is 37.0 Å². The number of fused-ring (bicyclic) bond motifs is 1. The molecule has 2 aromatic carbocycles. The zero-order valence-electron chi connectivity index (χ0n) is 22.2. The fraction of sp³-hybridized carbons (Fsp3) is 0.464. The van der Waals surface area contributed by atoms with Crippen LogP contribution in [0.4, 0.5) is 20.6 Å². The summed E-state index contributed by atoms with van der Waals surface area (Å²) in [5.74, 6) is -0.641. The molecule has 38 heavy (non-hydrogen) atoms. The molecule has 1 aliphatic heterocycles. The Morgan fingerprint density at radius 2 is 1.82 bits per heavy atom. The number of rotatable bonds is 4. The molecule has 1 aliphatic carbocycles. The number of para-hydroxylation sites is 1. The number of methoxy groups -OCH3 is 1. The minimum Gasteiger partial charge on any atom is -0.491 e. The van der Waals surface area contributed by atoms with E-state index in [-0.39, 0.29) is 55.1 Å². The van der Waals surface area contributed by atoms with Gasteiger partial charge in [-0.25, -0.2) is 9.18 Å². The Hall–Kier alpha value is -3.66. The molecule has 0 unspecified atom stereocenters. The monoisotopic (exact) mass is 526 g/mol. The van der Waals surface area contributed by atoms with E-state index in [1.165, 1.54) is 12.1 Å². The van der Waals surface area contributed by atoms with Gasteiger partial charge in [-0.2, -0.15) is 0 Å². The van der Waals surface area contributed by atoms with Crippen LogP contribution >= 0.6 is 0 Å². The van der Waals surface area contributed by atoms with Crippen molar-refractivity contribution in [3.05, 3.63) is 53.8 Å². The van der Waals surface area contributed by atoms with Gasteiger partial charge < -0.3 is 29.9 Å². The van der Waals surface area contributed by atoms with E-state index < -0.39 is 17.9 Å². The molecule has 2 aliphatic rings. The van der Waals surface area contributed by atoms with Crippen molar-refractivity contribution in [3.8, 4) is 5.75 Å². The molecule has 2 aromatic rings. The minimum atomic E-state index is -0.531. The first kappa shape index (κ1) is 27.4. The van der Waals surface area contributed by atoms with Gasteiger partial charge >= 0.3 is 6.03 Å². The van der Waals surface area contributed by atoms with Gasteiger partial charge in [0.1, 0.15) is 18.2 Å². The number of benzene rings is 2. The largest absolute Gasteiger partial charge is 0.491 e. The highest BCUT2D eigenvalue weighted by molar-refractivity contribution is 5.99. The van der Waals surface area contributed by atoms with Crippen molar-refractivity contribution >= 4 is 29.2 Å². The fourth-order valence-corrected chi connectivity index (χ4v) is 4.47. The van der Waals surface area contributed by atoms with Crippen LogP contribution < -0.4 is 15.4 Å². The zero-order chi connectivity index (χ0) is 27.4. The Labute approximate surface area is 222 Å². The number of likely N-dealkylation sites (N-methyl/N-ethyl adjacent to an activating group) is 1. The van der Waals surface area contributed by atoms with Crippen molar-refractivity contribution < 1.29 is 28.2 Å². The summed E-state index contributed by atoms with van der Waals surface area (Å²) in [6.45, 7) is 4.41.